The maximum atomic E-state index is 11.9. The number of hydrogen-bond donors (Lipinski definition) is 1. The minimum Gasteiger partial charge on any atom is -0.489 e. The van der Waals surface area contributed by atoms with Crippen LogP contribution in [0.25, 0.3) is 0 Å². The Morgan fingerprint density at radius 3 is 2.48 bits per heavy atom. The molecule has 1 N–H and O–H groups in total. The monoisotopic (exact) mass is 359 g/mol. The maximum Gasteiger partial charge on any atom is 0.309 e. The third kappa shape index (κ3) is 4.35. The number of benzene rings is 2. The summed E-state index contributed by atoms with van der Waals surface area (Å²) in [5.41, 5.74) is 5.82. The summed E-state index contributed by atoms with van der Waals surface area (Å²) < 4.78 is 6.05. The molecule has 2 rings (SSSR count). The molecule has 0 spiro atoms. The van der Waals surface area contributed by atoms with Crippen molar-refractivity contribution in [3.63, 3.8) is 0 Å². The second-order valence-corrected chi connectivity index (χ2v) is 6.80. The quantitative estimate of drug-likeness (QED) is 0.571. The van der Waals surface area contributed by atoms with Gasteiger partial charge in [-0.3, -0.25) is 10.0 Å². The van der Waals surface area contributed by atoms with E-state index in [9.17, 15) is 10.0 Å². The van der Waals surface area contributed by atoms with E-state index in [1.807, 2.05) is 32.0 Å². The van der Waals surface area contributed by atoms with Gasteiger partial charge in [-0.25, -0.2) is 0 Å². The fourth-order valence-electron chi connectivity index (χ4n) is 2.74. The van der Waals surface area contributed by atoms with Gasteiger partial charge < -0.3 is 4.74 Å². The zero-order chi connectivity index (χ0) is 18.6. The van der Waals surface area contributed by atoms with E-state index in [2.05, 4.69) is 19.9 Å². The van der Waals surface area contributed by atoms with Gasteiger partial charge in [0.25, 0.3) is 0 Å². The summed E-state index contributed by atoms with van der Waals surface area (Å²) in [7, 11) is 0. The highest BCUT2D eigenvalue weighted by Crippen LogP contribution is 2.29. The molecule has 0 bridgehead atoms. The first kappa shape index (κ1) is 19.3. The Labute approximate surface area is 153 Å². The van der Waals surface area contributed by atoms with Crippen molar-refractivity contribution in [2.24, 2.45) is 0 Å². The van der Waals surface area contributed by atoms with E-state index in [-0.39, 0.29) is 0 Å². The van der Waals surface area contributed by atoms with Crippen LogP contribution in [0, 0.1) is 20.8 Å². The van der Waals surface area contributed by atoms with Crippen molar-refractivity contribution in [2.75, 3.05) is 11.3 Å². The van der Waals surface area contributed by atoms with E-state index in [0.29, 0.717) is 17.4 Å². The number of hydrogen-bond acceptors (Lipinski definition) is 4. The predicted molar refractivity (Wildman–Crippen MR) is 104 cm³/mol. The van der Waals surface area contributed by atoms with Crippen LogP contribution in [0.15, 0.2) is 30.3 Å². The van der Waals surface area contributed by atoms with E-state index in [1.54, 1.807) is 12.3 Å². The maximum absolute atomic E-state index is 11.9. The minimum absolute atomic E-state index is 0.293. The molecule has 5 heteroatoms. The number of carbonyl (C=O) groups excluding carboxylic acids is 1. The number of ether oxygens (including phenoxy) is 1. The lowest BCUT2D eigenvalue weighted by atomic mass is 10.0. The van der Waals surface area contributed by atoms with Crippen LogP contribution in [-0.4, -0.2) is 16.7 Å². The fourth-order valence-corrected chi connectivity index (χ4v) is 3.01. The highest BCUT2D eigenvalue weighted by Gasteiger charge is 2.18. The van der Waals surface area contributed by atoms with Crippen LogP contribution in [0.5, 0.6) is 5.75 Å². The summed E-state index contributed by atoms with van der Waals surface area (Å²) >= 11 is 0.967. The molecule has 134 valence electrons. The van der Waals surface area contributed by atoms with E-state index >= 15 is 0 Å². The van der Waals surface area contributed by atoms with Gasteiger partial charge in [-0.05, 0) is 67.8 Å². The molecule has 0 radical (unpaired) electrons. The first-order valence-electron chi connectivity index (χ1n) is 8.27. The molecule has 0 unspecified atom stereocenters. The van der Waals surface area contributed by atoms with E-state index in [0.717, 1.165) is 40.6 Å². The summed E-state index contributed by atoms with van der Waals surface area (Å²) in [5, 5.41) is 10.5. The third-order valence-corrected chi connectivity index (χ3v) is 4.89. The number of anilines is 1. The average Bonchev–Trinajstić information content (AvgIpc) is 2.61. The molecule has 0 aliphatic rings. The Bertz CT molecular complexity index is 774. The SMILES string of the molecule is CCc1cccc(N(O)C(=O)SC)c1COc1cc(C)c(C)cc1C. The Hall–Kier alpha value is -1.98. The lowest BCUT2D eigenvalue weighted by Gasteiger charge is -2.21. The Morgan fingerprint density at radius 1 is 1.16 bits per heavy atom. The van der Waals surface area contributed by atoms with Crippen LogP contribution >= 0.6 is 11.8 Å². The van der Waals surface area contributed by atoms with Crippen molar-refractivity contribution in [1.82, 2.24) is 0 Å². The number of aryl methyl sites for hydroxylation is 4. The van der Waals surface area contributed by atoms with Gasteiger partial charge in [0.15, 0.2) is 0 Å². The molecule has 0 fully saturated rings. The van der Waals surface area contributed by atoms with Gasteiger partial charge >= 0.3 is 5.24 Å². The van der Waals surface area contributed by atoms with Crippen LogP contribution in [0.4, 0.5) is 10.5 Å². The smallest absolute Gasteiger partial charge is 0.309 e. The Morgan fingerprint density at radius 2 is 1.84 bits per heavy atom. The van der Waals surface area contributed by atoms with Gasteiger partial charge in [-0.2, -0.15) is 5.06 Å². The van der Waals surface area contributed by atoms with Gasteiger partial charge in [-0.1, -0.05) is 36.9 Å². The molecule has 0 aromatic heterocycles. The van der Waals surface area contributed by atoms with Gasteiger partial charge in [0, 0.05) is 5.56 Å². The van der Waals surface area contributed by atoms with E-state index < -0.39 is 5.24 Å². The second kappa shape index (κ2) is 8.41. The van der Waals surface area contributed by atoms with Gasteiger partial charge in [0.05, 0.1) is 5.69 Å². The number of hydroxylamine groups is 1. The molecule has 2 aromatic carbocycles. The zero-order valence-corrected chi connectivity index (χ0v) is 16.2. The number of amides is 1. The van der Waals surface area contributed by atoms with Crippen molar-refractivity contribution in [3.05, 3.63) is 58.1 Å². The lowest BCUT2D eigenvalue weighted by molar-refractivity contribution is 0.223. The normalized spacial score (nSPS) is 10.6. The molecule has 0 saturated heterocycles. The minimum atomic E-state index is -0.420. The first-order valence-corrected chi connectivity index (χ1v) is 9.49. The van der Waals surface area contributed by atoms with Crippen molar-refractivity contribution in [1.29, 1.82) is 0 Å². The molecule has 0 saturated carbocycles. The summed E-state index contributed by atoms with van der Waals surface area (Å²) in [5.74, 6) is 0.820. The highest BCUT2D eigenvalue weighted by atomic mass is 32.2. The second-order valence-electron chi connectivity index (χ2n) is 6.04. The van der Waals surface area contributed by atoms with Crippen LogP contribution in [0.3, 0.4) is 0 Å². The largest absolute Gasteiger partial charge is 0.489 e. The van der Waals surface area contributed by atoms with Crippen molar-refractivity contribution in [3.8, 4) is 5.75 Å². The molecule has 2 aromatic rings. The molecular weight excluding hydrogens is 334 g/mol. The number of rotatable bonds is 5. The standard InChI is InChI=1S/C20H25NO3S/c1-6-16-8-7-9-18(21(23)20(22)25-5)17(16)12-24-19-11-14(3)13(2)10-15(19)4/h7-11,23H,6,12H2,1-5H3. The zero-order valence-electron chi connectivity index (χ0n) is 15.4. The molecule has 0 heterocycles. The number of nitrogens with zero attached hydrogens (tertiary/aromatic N) is 1. The summed E-state index contributed by atoms with van der Waals surface area (Å²) in [6.45, 7) is 8.49. The van der Waals surface area contributed by atoms with Crippen molar-refractivity contribution < 1.29 is 14.7 Å². The van der Waals surface area contributed by atoms with Crippen LogP contribution in [-0.2, 0) is 13.0 Å². The lowest BCUT2D eigenvalue weighted by Crippen LogP contribution is -2.24. The van der Waals surface area contributed by atoms with Crippen molar-refractivity contribution in [2.45, 2.75) is 40.7 Å². The molecule has 0 aliphatic carbocycles. The molecule has 0 aliphatic heterocycles. The molecule has 1 amide bonds. The third-order valence-electron chi connectivity index (χ3n) is 4.37. The van der Waals surface area contributed by atoms with Crippen LogP contribution in [0.2, 0.25) is 0 Å². The molecule has 0 atom stereocenters. The first-order chi connectivity index (χ1) is 11.9. The predicted octanol–water partition coefficient (Wildman–Crippen LogP) is 5.43. The van der Waals surface area contributed by atoms with Crippen LogP contribution < -0.4 is 9.80 Å². The van der Waals surface area contributed by atoms with Crippen molar-refractivity contribution >= 4 is 22.7 Å². The van der Waals surface area contributed by atoms with Gasteiger partial charge in [0.1, 0.15) is 12.4 Å². The van der Waals surface area contributed by atoms with E-state index in [4.69, 9.17) is 4.74 Å². The van der Waals surface area contributed by atoms with Gasteiger partial charge in [0.2, 0.25) is 0 Å². The van der Waals surface area contributed by atoms with Gasteiger partial charge in [-0.15, -0.1) is 0 Å². The topological polar surface area (TPSA) is 49.8 Å². The summed E-state index contributed by atoms with van der Waals surface area (Å²) in [6, 6.07) is 9.71. The summed E-state index contributed by atoms with van der Waals surface area (Å²) in [6.07, 6.45) is 2.43. The van der Waals surface area contributed by atoms with E-state index in [1.165, 1.54) is 11.1 Å². The Kier molecular flexibility index (Phi) is 6.51. The molecule has 25 heavy (non-hydrogen) atoms. The number of carbonyl (C=O) groups is 1. The average molecular weight is 359 g/mol. The molecule has 4 nitrogen and oxygen atoms in total. The highest BCUT2D eigenvalue weighted by molar-refractivity contribution is 8.13. The fraction of sp³-hybridized carbons (Fsp3) is 0.350. The Balaban J connectivity index is 2.35. The summed E-state index contributed by atoms with van der Waals surface area (Å²) in [4.78, 5) is 11.9. The molecular formula is C20H25NO3S. The van der Waals surface area contributed by atoms with Crippen LogP contribution in [0.1, 0.15) is 34.7 Å². The number of thioether (sulfide) groups is 1.